The summed E-state index contributed by atoms with van der Waals surface area (Å²) in [5.41, 5.74) is 4.66. The molecule has 5 heteroatoms. The number of halogens is 1. The molecular formula is C27H22INO3. The van der Waals surface area contributed by atoms with E-state index in [0.717, 1.165) is 31.3 Å². The molecule has 0 bridgehead atoms. The van der Waals surface area contributed by atoms with Crippen molar-refractivity contribution >= 4 is 45.4 Å². The fourth-order valence-corrected chi connectivity index (χ4v) is 5.08. The number of benzene rings is 3. The zero-order chi connectivity index (χ0) is 22.1. The van der Waals surface area contributed by atoms with E-state index in [1.54, 1.807) is 0 Å². The Kier molecular flexibility index (Phi) is 5.83. The third-order valence-corrected chi connectivity index (χ3v) is 6.77. The predicted octanol–water partition coefficient (Wildman–Crippen LogP) is 5.78. The molecule has 32 heavy (non-hydrogen) atoms. The maximum Gasteiger partial charge on any atom is 0.309 e. The Balaban J connectivity index is 1.45. The van der Waals surface area contributed by atoms with Crippen molar-refractivity contribution in [2.75, 3.05) is 0 Å². The lowest BCUT2D eigenvalue weighted by Crippen LogP contribution is -2.26. The van der Waals surface area contributed by atoms with Crippen LogP contribution in [0.2, 0.25) is 0 Å². The summed E-state index contributed by atoms with van der Waals surface area (Å²) in [5.74, 6) is -0.385. The number of hydrogen-bond donors (Lipinski definition) is 0. The van der Waals surface area contributed by atoms with Crippen LogP contribution >= 0.6 is 22.6 Å². The summed E-state index contributed by atoms with van der Waals surface area (Å²) in [6.07, 6.45) is 1.94. The van der Waals surface area contributed by atoms with Gasteiger partial charge in [-0.15, -0.1) is 0 Å². The molecule has 4 aromatic rings. The lowest BCUT2D eigenvalue weighted by Gasteiger charge is -2.22. The van der Waals surface area contributed by atoms with Crippen LogP contribution < -0.4 is 0 Å². The SMILES string of the molecule is O=C(OCc1ccccc1)C1CCc2c(c3ccccc3n2C(=O)c2cccc(I)c2)C1. The Bertz CT molecular complexity index is 1310. The van der Waals surface area contributed by atoms with Crippen molar-refractivity contribution in [3.05, 3.63) is 105 Å². The highest BCUT2D eigenvalue weighted by Crippen LogP contribution is 2.35. The van der Waals surface area contributed by atoms with E-state index in [0.29, 0.717) is 24.8 Å². The average Bonchev–Trinajstić information content (AvgIpc) is 3.16. The standard InChI is InChI=1S/C27H22INO3/c28-21-10-6-9-19(15-21)26(30)29-24-12-5-4-11-22(24)23-16-20(13-14-25(23)29)27(31)32-17-18-7-2-1-3-8-18/h1-12,15,20H,13-14,16-17H2. The molecule has 5 rings (SSSR count). The number of para-hydroxylation sites is 1. The van der Waals surface area contributed by atoms with Crippen LogP contribution in [-0.2, 0) is 29.0 Å². The van der Waals surface area contributed by atoms with Gasteiger partial charge in [0, 0.05) is 20.2 Å². The molecule has 1 aliphatic rings. The van der Waals surface area contributed by atoms with E-state index in [2.05, 4.69) is 22.6 Å². The van der Waals surface area contributed by atoms with Crippen molar-refractivity contribution in [1.82, 2.24) is 4.57 Å². The van der Waals surface area contributed by atoms with Crippen LogP contribution in [0.4, 0.5) is 0 Å². The maximum absolute atomic E-state index is 13.5. The molecule has 4 nitrogen and oxygen atoms in total. The zero-order valence-corrected chi connectivity index (χ0v) is 19.6. The minimum Gasteiger partial charge on any atom is -0.461 e. The average molecular weight is 535 g/mol. The normalized spacial score (nSPS) is 15.3. The van der Waals surface area contributed by atoms with Gasteiger partial charge in [0.1, 0.15) is 6.61 Å². The lowest BCUT2D eigenvalue weighted by atomic mass is 9.86. The van der Waals surface area contributed by atoms with E-state index in [9.17, 15) is 9.59 Å². The van der Waals surface area contributed by atoms with Crippen LogP contribution in [0, 0.1) is 9.49 Å². The van der Waals surface area contributed by atoms with Gasteiger partial charge in [0.25, 0.3) is 5.91 Å². The third kappa shape index (κ3) is 3.97. The predicted molar refractivity (Wildman–Crippen MR) is 133 cm³/mol. The molecule has 1 aromatic heterocycles. The minimum atomic E-state index is -0.196. The van der Waals surface area contributed by atoms with Gasteiger partial charge < -0.3 is 4.74 Å². The molecule has 3 aromatic carbocycles. The van der Waals surface area contributed by atoms with E-state index >= 15 is 0 Å². The highest BCUT2D eigenvalue weighted by molar-refractivity contribution is 14.1. The first-order chi connectivity index (χ1) is 15.6. The van der Waals surface area contributed by atoms with Crippen LogP contribution in [0.15, 0.2) is 78.9 Å². The number of hydrogen-bond acceptors (Lipinski definition) is 3. The number of nitrogens with zero attached hydrogens (tertiary/aromatic N) is 1. The minimum absolute atomic E-state index is 0.0222. The van der Waals surface area contributed by atoms with Crippen molar-refractivity contribution < 1.29 is 14.3 Å². The van der Waals surface area contributed by atoms with E-state index < -0.39 is 0 Å². The number of fused-ring (bicyclic) bond motifs is 3. The zero-order valence-electron chi connectivity index (χ0n) is 17.5. The van der Waals surface area contributed by atoms with Crippen LogP contribution in [0.3, 0.4) is 0 Å². The Morgan fingerprint density at radius 3 is 2.56 bits per heavy atom. The van der Waals surface area contributed by atoms with Crippen molar-refractivity contribution in [3.8, 4) is 0 Å². The quantitative estimate of drug-likeness (QED) is 0.246. The second-order valence-electron chi connectivity index (χ2n) is 8.13. The number of carbonyl (C=O) groups is 2. The largest absolute Gasteiger partial charge is 0.461 e. The number of esters is 1. The molecule has 0 fully saturated rings. The molecular weight excluding hydrogens is 513 g/mol. The second kappa shape index (κ2) is 8.90. The summed E-state index contributed by atoms with van der Waals surface area (Å²) in [6, 6.07) is 25.4. The highest BCUT2D eigenvalue weighted by atomic mass is 127. The van der Waals surface area contributed by atoms with Crippen LogP contribution in [0.25, 0.3) is 10.9 Å². The monoisotopic (exact) mass is 535 g/mol. The maximum atomic E-state index is 13.5. The topological polar surface area (TPSA) is 48.3 Å². The smallest absolute Gasteiger partial charge is 0.309 e. The molecule has 1 unspecified atom stereocenters. The first kappa shape index (κ1) is 20.9. The van der Waals surface area contributed by atoms with Gasteiger partial charge in [-0.05, 0) is 77.2 Å². The van der Waals surface area contributed by atoms with Crippen LogP contribution in [-0.4, -0.2) is 16.4 Å². The Hall–Kier alpha value is -2.93. The molecule has 1 heterocycles. The van der Waals surface area contributed by atoms with Gasteiger partial charge in [-0.3, -0.25) is 14.2 Å². The molecule has 0 saturated carbocycles. The molecule has 0 radical (unpaired) electrons. The highest BCUT2D eigenvalue weighted by Gasteiger charge is 2.32. The van der Waals surface area contributed by atoms with Crippen LogP contribution in [0.1, 0.15) is 33.6 Å². The van der Waals surface area contributed by atoms with Crippen molar-refractivity contribution in [1.29, 1.82) is 0 Å². The number of rotatable bonds is 4. The molecule has 0 N–H and O–H groups in total. The van der Waals surface area contributed by atoms with Crippen molar-refractivity contribution in [2.24, 2.45) is 5.92 Å². The molecule has 0 aliphatic heterocycles. The fourth-order valence-electron chi connectivity index (χ4n) is 4.54. The van der Waals surface area contributed by atoms with Crippen molar-refractivity contribution in [3.63, 3.8) is 0 Å². The second-order valence-corrected chi connectivity index (χ2v) is 9.37. The van der Waals surface area contributed by atoms with E-state index in [1.807, 2.05) is 83.4 Å². The molecule has 1 atom stereocenters. The molecule has 160 valence electrons. The number of ether oxygens (including phenoxy) is 1. The summed E-state index contributed by atoms with van der Waals surface area (Å²) in [7, 11) is 0. The molecule has 0 spiro atoms. The van der Waals surface area contributed by atoms with Gasteiger partial charge in [0.05, 0.1) is 11.4 Å². The van der Waals surface area contributed by atoms with Gasteiger partial charge in [-0.25, -0.2) is 0 Å². The summed E-state index contributed by atoms with van der Waals surface area (Å²) >= 11 is 2.23. The fraction of sp³-hybridized carbons (Fsp3) is 0.185. The molecule has 1 aliphatic carbocycles. The number of aromatic nitrogens is 1. The summed E-state index contributed by atoms with van der Waals surface area (Å²) < 4.78 is 8.49. The third-order valence-electron chi connectivity index (χ3n) is 6.10. The van der Waals surface area contributed by atoms with Gasteiger partial charge in [-0.2, -0.15) is 0 Å². The lowest BCUT2D eigenvalue weighted by molar-refractivity contribution is -0.150. The van der Waals surface area contributed by atoms with Crippen LogP contribution in [0.5, 0.6) is 0 Å². The molecule has 0 saturated heterocycles. The first-order valence-electron chi connectivity index (χ1n) is 10.7. The van der Waals surface area contributed by atoms with E-state index in [4.69, 9.17) is 4.74 Å². The summed E-state index contributed by atoms with van der Waals surface area (Å²) in [5, 5.41) is 1.04. The summed E-state index contributed by atoms with van der Waals surface area (Å²) in [4.78, 5) is 26.3. The first-order valence-corrected chi connectivity index (χ1v) is 11.8. The van der Waals surface area contributed by atoms with E-state index in [-0.39, 0.29) is 24.4 Å². The molecule has 0 amide bonds. The van der Waals surface area contributed by atoms with Gasteiger partial charge in [0.2, 0.25) is 0 Å². The Morgan fingerprint density at radius 2 is 1.75 bits per heavy atom. The van der Waals surface area contributed by atoms with Gasteiger partial charge in [0.15, 0.2) is 0 Å². The van der Waals surface area contributed by atoms with Gasteiger partial charge in [-0.1, -0.05) is 54.6 Å². The van der Waals surface area contributed by atoms with Gasteiger partial charge >= 0.3 is 5.97 Å². The van der Waals surface area contributed by atoms with Crippen molar-refractivity contribution in [2.45, 2.75) is 25.9 Å². The van der Waals surface area contributed by atoms with E-state index in [1.165, 1.54) is 0 Å². The number of carbonyl (C=O) groups excluding carboxylic acids is 2. The Labute approximate surface area is 200 Å². The Morgan fingerprint density at radius 1 is 0.969 bits per heavy atom. The summed E-state index contributed by atoms with van der Waals surface area (Å²) in [6.45, 7) is 0.288.